The third-order valence-corrected chi connectivity index (χ3v) is 6.48. The molecule has 1 saturated carbocycles. The van der Waals surface area contributed by atoms with Crippen LogP contribution in [-0.2, 0) is 5.41 Å². The lowest BCUT2D eigenvalue weighted by Gasteiger charge is -2.33. The molecule has 0 amide bonds. The van der Waals surface area contributed by atoms with Crippen molar-refractivity contribution in [3.8, 4) is 0 Å². The SMILES string of the molecule is Clc1cccc(C(CBr)(CBr)CC2CCCC2)c1. The molecule has 0 N–H and O–H groups in total. The summed E-state index contributed by atoms with van der Waals surface area (Å²) >= 11 is 13.6. The quantitative estimate of drug-likeness (QED) is 0.542. The van der Waals surface area contributed by atoms with Crippen LogP contribution in [-0.4, -0.2) is 10.7 Å². The zero-order valence-electron chi connectivity index (χ0n) is 10.5. The van der Waals surface area contributed by atoms with Gasteiger partial charge in [-0.25, -0.2) is 0 Å². The molecule has 0 aliphatic heterocycles. The van der Waals surface area contributed by atoms with E-state index in [4.69, 9.17) is 11.6 Å². The van der Waals surface area contributed by atoms with Crippen molar-refractivity contribution < 1.29 is 0 Å². The molecule has 3 heteroatoms. The highest BCUT2D eigenvalue weighted by atomic mass is 79.9. The summed E-state index contributed by atoms with van der Waals surface area (Å²) < 4.78 is 0. The molecule has 0 atom stereocenters. The second kappa shape index (κ2) is 6.76. The van der Waals surface area contributed by atoms with E-state index in [0.29, 0.717) is 0 Å². The van der Waals surface area contributed by atoms with Gasteiger partial charge in [-0.05, 0) is 30.0 Å². The lowest BCUT2D eigenvalue weighted by Crippen LogP contribution is -2.32. The van der Waals surface area contributed by atoms with E-state index < -0.39 is 0 Å². The summed E-state index contributed by atoms with van der Waals surface area (Å²) in [6.45, 7) is 0. The van der Waals surface area contributed by atoms with Crippen LogP contribution < -0.4 is 0 Å². The predicted octanol–water partition coefficient (Wildman–Crippen LogP) is 5.95. The molecule has 1 aliphatic carbocycles. The number of hydrogen-bond acceptors (Lipinski definition) is 0. The smallest absolute Gasteiger partial charge is 0.0408 e. The van der Waals surface area contributed by atoms with Gasteiger partial charge < -0.3 is 0 Å². The Morgan fingerprint density at radius 2 is 1.83 bits per heavy atom. The minimum absolute atomic E-state index is 0.180. The first kappa shape index (κ1) is 14.9. The zero-order valence-corrected chi connectivity index (χ0v) is 14.4. The van der Waals surface area contributed by atoms with Gasteiger partial charge in [-0.3, -0.25) is 0 Å². The van der Waals surface area contributed by atoms with Crippen molar-refractivity contribution in [3.05, 3.63) is 34.9 Å². The van der Waals surface area contributed by atoms with Crippen LogP contribution in [0.4, 0.5) is 0 Å². The highest BCUT2D eigenvalue weighted by Gasteiger charge is 2.34. The van der Waals surface area contributed by atoms with Crippen LogP contribution in [0.3, 0.4) is 0 Å². The molecular formula is C15H19Br2Cl. The molecule has 0 radical (unpaired) electrons. The summed E-state index contributed by atoms with van der Waals surface area (Å²) in [5, 5.41) is 2.81. The maximum Gasteiger partial charge on any atom is 0.0408 e. The van der Waals surface area contributed by atoms with Gasteiger partial charge in [-0.1, -0.05) is 81.3 Å². The van der Waals surface area contributed by atoms with Gasteiger partial charge in [0.15, 0.2) is 0 Å². The van der Waals surface area contributed by atoms with Gasteiger partial charge in [0.25, 0.3) is 0 Å². The van der Waals surface area contributed by atoms with Crippen LogP contribution in [0, 0.1) is 5.92 Å². The minimum atomic E-state index is 0.180. The van der Waals surface area contributed by atoms with Gasteiger partial charge in [-0.15, -0.1) is 0 Å². The molecule has 0 unspecified atom stereocenters. The fourth-order valence-electron chi connectivity index (χ4n) is 3.00. The van der Waals surface area contributed by atoms with E-state index in [1.807, 2.05) is 6.07 Å². The Bertz CT molecular complexity index is 382. The van der Waals surface area contributed by atoms with E-state index in [1.54, 1.807) is 0 Å². The Kier molecular flexibility index (Phi) is 5.59. The van der Waals surface area contributed by atoms with E-state index >= 15 is 0 Å². The van der Waals surface area contributed by atoms with Crippen LogP contribution >= 0.6 is 43.5 Å². The van der Waals surface area contributed by atoms with Crippen molar-refractivity contribution in [2.75, 3.05) is 10.7 Å². The maximum atomic E-state index is 6.15. The standard InChI is InChI=1S/C15H19Br2Cl/c16-10-15(11-17,9-12-4-1-2-5-12)13-6-3-7-14(18)8-13/h3,6-8,12H,1-2,4-5,9-11H2. The molecule has 0 heterocycles. The van der Waals surface area contributed by atoms with Crippen molar-refractivity contribution in [1.29, 1.82) is 0 Å². The first-order valence-corrected chi connectivity index (χ1v) is 9.20. The topological polar surface area (TPSA) is 0 Å². The fraction of sp³-hybridized carbons (Fsp3) is 0.600. The largest absolute Gasteiger partial charge is 0.0918 e. The Hall–Kier alpha value is 0.470. The van der Waals surface area contributed by atoms with Gasteiger partial charge in [-0.2, -0.15) is 0 Å². The van der Waals surface area contributed by atoms with Gasteiger partial charge in [0, 0.05) is 21.1 Å². The molecule has 1 fully saturated rings. The normalized spacial score (nSPS) is 17.3. The summed E-state index contributed by atoms with van der Waals surface area (Å²) in [6, 6.07) is 8.35. The Balaban J connectivity index is 2.24. The molecule has 0 aromatic heterocycles. The third kappa shape index (κ3) is 3.32. The van der Waals surface area contributed by atoms with E-state index in [1.165, 1.54) is 37.7 Å². The molecule has 1 aromatic carbocycles. The fourth-order valence-corrected chi connectivity index (χ4v) is 5.23. The van der Waals surface area contributed by atoms with Gasteiger partial charge >= 0.3 is 0 Å². The second-order valence-electron chi connectivity index (χ2n) is 5.41. The summed E-state index contributed by atoms with van der Waals surface area (Å²) in [5.41, 5.74) is 1.54. The molecule has 0 bridgehead atoms. The van der Waals surface area contributed by atoms with Crippen molar-refractivity contribution >= 4 is 43.5 Å². The van der Waals surface area contributed by atoms with Gasteiger partial charge in [0.2, 0.25) is 0 Å². The highest BCUT2D eigenvalue weighted by molar-refractivity contribution is 9.09. The number of halogens is 3. The average molecular weight is 395 g/mol. The molecule has 0 spiro atoms. The van der Waals surface area contributed by atoms with E-state index in [-0.39, 0.29) is 5.41 Å². The second-order valence-corrected chi connectivity index (χ2v) is 6.97. The van der Waals surface area contributed by atoms with Crippen molar-refractivity contribution in [1.82, 2.24) is 0 Å². The van der Waals surface area contributed by atoms with Crippen molar-refractivity contribution in [2.45, 2.75) is 37.5 Å². The van der Waals surface area contributed by atoms with Crippen molar-refractivity contribution in [3.63, 3.8) is 0 Å². The van der Waals surface area contributed by atoms with Crippen LogP contribution in [0.5, 0.6) is 0 Å². The Labute approximate surface area is 132 Å². The monoisotopic (exact) mass is 392 g/mol. The first-order chi connectivity index (χ1) is 8.70. The summed E-state index contributed by atoms with van der Waals surface area (Å²) in [6.07, 6.45) is 6.84. The molecule has 1 aliphatic rings. The van der Waals surface area contributed by atoms with Crippen LogP contribution in [0.2, 0.25) is 5.02 Å². The molecule has 18 heavy (non-hydrogen) atoms. The molecule has 2 rings (SSSR count). The van der Waals surface area contributed by atoms with Crippen LogP contribution in [0.25, 0.3) is 0 Å². The Morgan fingerprint density at radius 3 is 2.39 bits per heavy atom. The summed E-state index contributed by atoms with van der Waals surface area (Å²) in [7, 11) is 0. The van der Waals surface area contributed by atoms with E-state index in [2.05, 4.69) is 50.1 Å². The maximum absolute atomic E-state index is 6.15. The lowest BCUT2D eigenvalue weighted by atomic mass is 9.76. The van der Waals surface area contributed by atoms with Gasteiger partial charge in [0.05, 0.1) is 0 Å². The van der Waals surface area contributed by atoms with Gasteiger partial charge in [0.1, 0.15) is 0 Å². The molecule has 0 saturated heterocycles. The zero-order chi connectivity index (χ0) is 13.0. The number of rotatable bonds is 5. The van der Waals surface area contributed by atoms with Crippen LogP contribution in [0.15, 0.2) is 24.3 Å². The third-order valence-electron chi connectivity index (χ3n) is 4.10. The minimum Gasteiger partial charge on any atom is -0.0918 e. The molecule has 100 valence electrons. The van der Waals surface area contributed by atoms with Crippen LogP contribution in [0.1, 0.15) is 37.7 Å². The summed E-state index contributed by atoms with van der Waals surface area (Å²) in [5.74, 6) is 0.874. The number of hydrogen-bond donors (Lipinski definition) is 0. The van der Waals surface area contributed by atoms with Crippen molar-refractivity contribution in [2.24, 2.45) is 5.92 Å². The first-order valence-electron chi connectivity index (χ1n) is 6.58. The van der Waals surface area contributed by atoms with E-state index in [0.717, 1.165) is 21.6 Å². The number of alkyl halides is 2. The average Bonchev–Trinajstić information content (AvgIpc) is 2.89. The Morgan fingerprint density at radius 1 is 1.17 bits per heavy atom. The molecule has 1 aromatic rings. The predicted molar refractivity (Wildman–Crippen MR) is 87.3 cm³/mol. The summed E-state index contributed by atoms with van der Waals surface area (Å²) in [4.78, 5) is 0. The number of benzene rings is 1. The molecular weight excluding hydrogens is 375 g/mol. The van der Waals surface area contributed by atoms with E-state index in [9.17, 15) is 0 Å². The lowest BCUT2D eigenvalue weighted by molar-refractivity contribution is 0.379. The highest BCUT2D eigenvalue weighted by Crippen LogP contribution is 2.41. The molecule has 0 nitrogen and oxygen atoms in total.